The fraction of sp³-hybridized carbons (Fsp3) is 0.231. The number of ether oxygens (including phenoxy) is 2. The summed E-state index contributed by atoms with van der Waals surface area (Å²) in [5, 5.41) is 11.0. The van der Waals surface area contributed by atoms with Crippen LogP contribution in [0.25, 0.3) is 5.76 Å². The number of furan rings is 1. The van der Waals surface area contributed by atoms with Crippen LogP contribution < -0.4 is 4.74 Å². The molecular weight excluding hydrogens is 422 g/mol. The van der Waals surface area contributed by atoms with Gasteiger partial charge in [0.15, 0.2) is 0 Å². The number of ketones is 1. The normalized spacial score (nSPS) is 17.5. The number of methoxy groups -OCH3 is 1. The maximum Gasteiger partial charge on any atom is 0.295 e. The molecule has 33 heavy (non-hydrogen) atoms. The number of rotatable bonds is 8. The molecule has 2 heterocycles. The van der Waals surface area contributed by atoms with Crippen LogP contribution in [0.15, 0.2) is 76.9 Å². The number of carbonyl (C=O) groups is 2. The third-order valence-electron chi connectivity index (χ3n) is 5.50. The Morgan fingerprint density at radius 2 is 1.88 bits per heavy atom. The average Bonchev–Trinajstić information content (AvgIpc) is 3.43. The van der Waals surface area contributed by atoms with Gasteiger partial charge in [-0.3, -0.25) is 9.59 Å². The minimum absolute atomic E-state index is 0.0144. The lowest BCUT2D eigenvalue weighted by Crippen LogP contribution is -2.32. The van der Waals surface area contributed by atoms with Crippen LogP contribution in [0.1, 0.15) is 28.5 Å². The standard InChI is InChI=1S/C26H25NO6/c1-17-5-3-6-18(15-17)16-33-20-10-8-19(9-11-20)24(28)22-23(21-7-4-13-32-21)27(12-14-31-2)26(30)25(22)29/h3-11,13,15,23,28H,12,14,16H2,1-2H3/b24-22+. The minimum Gasteiger partial charge on any atom is -0.507 e. The number of nitrogens with zero attached hydrogens (tertiary/aromatic N) is 1. The van der Waals surface area contributed by atoms with Crippen molar-refractivity contribution in [3.8, 4) is 5.75 Å². The fourth-order valence-corrected chi connectivity index (χ4v) is 3.88. The van der Waals surface area contributed by atoms with Crippen molar-refractivity contribution in [3.63, 3.8) is 0 Å². The van der Waals surface area contributed by atoms with Crippen molar-refractivity contribution in [2.24, 2.45) is 0 Å². The summed E-state index contributed by atoms with van der Waals surface area (Å²) in [6, 6.07) is 17.3. The molecule has 7 nitrogen and oxygen atoms in total. The number of aliphatic hydroxyl groups is 1. The third kappa shape index (κ3) is 4.68. The van der Waals surface area contributed by atoms with E-state index in [2.05, 4.69) is 6.07 Å². The number of hydrogen-bond donors (Lipinski definition) is 1. The van der Waals surface area contributed by atoms with Crippen LogP contribution in [-0.4, -0.2) is 42.0 Å². The Labute approximate surface area is 191 Å². The van der Waals surface area contributed by atoms with Crippen LogP contribution in [0.5, 0.6) is 5.75 Å². The molecule has 1 fully saturated rings. The van der Waals surface area contributed by atoms with E-state index in [9.17, 15) is 14.7 Å². The van der Waals surface area contributed by atoms with Gasteiger partial charge in [-0.25, -0.2) is 0 Å². The Morgan fingerprint density at radius 1 is 1.09 bits per heavy atom. The predicted molar refractivity (Wildman–Crippen MR) is 122 cm³/mol. The molecule has 4 rings (SSSR count). The smallest absolute Gasteiger partial charge is 0.295 e. The van der Waals surface area contributed by atoms with E-state index in [-0.39, 0.29) is 24.5 Å². The van der Waals surface area contributed by atoms with Gasteiger partial charge in [0.2, 0.25) is 0 Å². The molecule has 1 saturated heterocycles. The summed E-state index contributed by atoms with van der Waals surface area (Å²) in [7, 11) is 1.51. The number of carbonyl (C=O) groups excluding carboxylic acids is 2. The monoisotopic (exact) mass is 447 g/mol. The van der Waals surface area contributed by atoms with E-state index in [0.29, 0.717) is 23.7 Å². The molecule has 0 saturated carbocycles. The summed E-state index contributed by atoms with van der Waals surface area (Å²) < 4.78 is 16.4. The molecule has 7 heteroatoms. The highest BCUT2D eigenvalue weighted by Crippen LogP contribution is 2.39. The number of hydrogen-bond acceptors (Lipinski definition) is 6. The minimum atomic E-state index is -0.826. The summed E-state index contributed by atoms with van der Waals surface area (Å²) >= 11 is 0. The van der Waals surface area contributed by atoms with Crippen LogP contribution in [0, 0.1) is 6.92 Å². The van der Waals surface area contributed by atoms with Gasteiger partial charge >= 0.3 is 0 Å². The Morgan fingerprint density at radius 3 is 2.55 bits per heavy atom. The van der Waals surface area contributed by atoms with Crippen molar-refractivity contribution in [1.29, 1.82) is 0 Å². The summed E-state index contributed by atoms with van der Waals surface area (Å²) in [4.78, 5) is 26.9. The van der Waals surface area contributed by atoms with Gasteiger partial charge in [-0.05, 0) is 48.9 Å². The first-order chi connectivity index (χ1) is 16.0. The first-order valence-corrected chi connectivity index (χ1v) is 10.6. The summed E-state index contributed by atoms with van der Waals surface area (Å²) in [6.07, 6.45) is 1.46. The molecule has 1 atom stereocenters. The summed E-state index contributed by atoms with van der Waals surface area (Å²) in [5.74, 6) is -0.709. The lowest BCUT2D eigenvalue weighted by Gasteiger charge is -2.22. The Hall–Kier alpha value is -3.84. The maximum atomic E-state index is 12.8. The van der Waals surface area contributed by atoms with Crippen molar-refractivity contribution in [2.45, 2.75) is 19.6 Å². The second kappa shape index (κ2) is 9.75. The highest BCUT2D eigenvalue weighted by atomic mass is 16.5. The number of Topliss-reactive ketones (excluding diaryl/α,β-unsaturated/α-hetero) is 1. The number of amides is 1. The van der Waals surface area contributed by atoms with Crippen LogP contribution in [0.4, 0.5) is 0 Å². The van der Waals surface area contributed by atoms with E-state index in [1.54, 1.807) is 36.4 Å². The van der Waals surface area contributed by atoms with Gasteiger partial charge in [0.1, 0.15) is 29.9 Å². The first-order valence-electron chi connectivity index (χ1n) is 10.6. The van der Waals surface area contributed by atoms with Crippen molar-refractivity contribution in [3.05, 3.63) is 95.0 Å². The number of aliphatic hydroxyl groups excluding tert-OH is 1. The molecular formula is C26H25NO6. The van der Waals surface area contributed by atoms with Crippen LogP contribution >= 0.6 is 0 Å². The molecule has 3 aromatic rings. The van der Waals surface area contributed by atoms with Crippen molar-refractivity contribution < 1.29 is 28.6 Å². The zero-order chi connectivity index (χ0) is 23.4. The van der Waals surface area contributed by atoms with Gasteiger partial charge in [-0.15, -0.1) is 0 Å². The Kier molecular flexibility index (Phi) is 6.60. The van der Waals surface area contributed by atoms with E-state index in [4.69, 9.17) is 13.9 Å². The zero-order valence-corrected chi connectivity index (χ0v) is 18.5. The SMILES string of the molecule is COCCN1C(=O)C(=O)/C(=C(/O)c2ccc(OCc3cccc(C)c3)cc2)C1c1ccco1. The second-order valence-electron chi connectivity index (χ2n) is 7.80. The molecule has 1 aliphatic heterocycles. The molecule has 2 aromatic carbocycles. The largest absolute Gasteiger partial charge is 0.507 e. The first kappa shape index (κ1) is 22.4. The predicted octanol–water partition coefficient (Wildman–Crippen LogP) is 4.24. The zero-order valence-electron chi connectivity index (χ0n) is 18.5. The van der Waals surface area contributed by atoms with Gasteiger partial charge in [-0.1, -0.05) is 29.8 Å². The van der Waals surface area contributed by atoms with Gasteiger partial charge < -0.3 is 23.9 Å². The molecule has 1 unspecified atom stereocenters. The molecule has 0 bridgehead atoms. The van der Waals surface area contributed by atoms with Crippen molar-refractivity contribution in [1.82, 2.24) is 4.90 Å². The quantitative estimate of drug-likeness (QED) is 0.316. The molecule has 0 spiro atoms. The topological polar surface area (TPSA) is 89.2 Å². The molecule has 170 valence electrons. The van der Waals surface area contributed by atoms with E-state index >= 15 is 0 Å². The van der Waals surface area contributed by atoms with Gasteiger partial charge in [-0.2, -0.15) is 0 Å². The molecule has 0 radical (unpaired) electrons. The molecule has 1 amide bonds. The Balaban J connectivity index is 1.60. The van der Waals surface area contributed by atoms with E-state index in [1.807, 2.05) is 25.1 Å². The van der Waals surface area contributed by atoms with Crippen LogP contribution in [0.3, 0.4) is 0 Å². The number of aryl methyl sites for hydroxylation is 1. The van der Waals surface area contributed by atoms with E-state index in [1.165, 1.54) is 18.3 Å². The average molecular weight is 447 g/mol. The highest BCUT2D eigenvalue weighted by Gasteiger charge is 2.47. The maximum absolute atomic E-state index is 12.8. The van der Waals surface area contributed by atoms with Gasteiger partial charge in [0.25, 0.3) is 11.7 Å². The molecule has 0 aliphatic carbocycles. The highest BCUT2D eigenvalue weighted by molar-refractivity contribution is 6.46. The molecule has 1 aromatic heterocycles. The van der Waals surface area contributed by atoms with Gasteiger partial charge in [0.05, 0.1) is 18.4 Å². The second-order valence-corrected chi connectivity index (χ2v) is 7.80. The third-order valence-corrected chi connectivity index (χ3v) is 5.50. The van der Waals surface area contributed by atoms with Crippen molar-refractivity contribution >= 4 is 17.4 Å². The number of likely N-dealkylation sites (tertiary alicyclic amines) is 1. The van der Waals surface area contributed by atoms with Gasteiger partial charge in [0, 0.05) is 19.2 Å². The van der Waals surface area contributed by atoms with Crippen LogP contribution in [-0.2, 0) is 20.9 Å². The lowest BCUT2D eigenvalue weighted by atomic mass is 9.99. The summed E-state index contributed by atoms with van der Waals surface area (Å²) in [5.41, 5.74) is 2.60. The van der Waals surface area contributed by atoms with E-state index in [0.717, 1.165) is 11.1 Å². The summed E-state index contributed by atoms with van der Waals surface area (Å²) in [6.45, 7) is 2.87. The molecule has 1 N–H and O–H groups in total. The Bertz CT molecular complexity index is 1160. The molecule has 1 aliphatic rings. The van der Waals surface area contributed by atoms with Crippen LogP contribution in [0.2, 0.25) is 0 Å². The lowest BCUT2D eigenvalue weighted by molar-refractivity contribution is -0.140. The van der Waals surface area contributed by atoms with E-state index < -0.39 is 17.7 Å². The van der Waals surface area contributed by atoms with Crippen molar-refractivity contribution in [2.75, 3.05) is 20.3 Å². The number of benzene rings is 2. The fourth-order valence-electron chi connectivity index (χ4n) is 3.88.